The second-order valence-electron chi connectivity index (χ2n) is 9.59. The van der Waals surface area contributed by atoms with Gasteiger partial charge in [0.1, 0.15) is 5.82 Å². The van der Waals surface area contributed by atoms with Gasteiger partial charge in [-0.3, -0.25) is 4.57 Å². The molecule has 0 aliphatic rings. The fourth-order valence-electron chi connectivity index (χ4n) is 5.70. The molecule has 2 nitrogen and oxygen atoms in total. The molecule has 2 aromatic heterocycles. The minimum atomic E-state index is 0.969. The van der Waals surface area contributed by atoms with Crippen LogP contribution < -0.4 is 0 Å². The van der Waals surface area contributed by atoms with Crippen LogP contribution in [0.4, 0.5) is 0 Å². The molecule has 2 heterocycles. The second kappa shape index (κ2) is 8.41. The van der Waals surface area contributed by atoms with Gasteiger partial charge < -0.3 is 0 Å². The molecule has 0 amide bonds. The zero-order chi connectivity index (χ0) is 25.1. The smallest absolute Gasteiger partial charge is 0.147 e. The fraction of sp³-hybridized carbons (Fsp3) is 0. The van der Waals surface area contributed by atoms with Crippen molar-refractivity contribution in [2.75, 3.05) is 0 Å². The van der Waals surface area contributed by atoms with E-state index in [-0.39, 0.29) is 0 Å². The van der Waals surface area contributed by atoms with E-state index in [4.69, 9.17) is 4.98 Å². The van der Waals surface area contributed by atoms with Gasteiger partial charge in [0.15, 0.2) is 0 Å². The van der Waals surface area contributed by atoms with Crippen LogP contribution in [0.2, 0.25) is 0 Å². The molecule has 0 bridgehead atoms. The molecule has 0 radical (unpaired) electrons. The Balaban J connectivity index is 1.54. The zero-order valence-corrected chi connectivity index (χ0v) is 21.3. The first-order chi connectivity index (χ1) is 18.9. The lowest BCUT2D eigenvalue weighted by molar-refractivity contribution is 1.12. The summed E-state index contributed by atoms with van der Waals surface area (Å²) in [5.74, 6) is 0.969. The van der Waals surface area contributed by atoms with Crippen LogP contribution in [0.1, 0.15) is 0 Å². The average Bonchev–Trinajstić information content (AvgIpc) is 3.56. The van der Waals surface area contributed by atoms with Crippen molar-refractivity contribution in [2.45, 2.75) is 0 Å². The third kappa shape index (κ3) is 3.16. The SMILES string of the molecule is c1ccc(-c2ccc3ccccc3c2-n2c(-c3cccc4c3sc3ccccc34)nc3ccccc32)cc1. The predicted octanol–water partition coefficient (Wildman–Crippen LogP) is 9.88. The van der Waals surface area contributed by atoms with Gasteiger partial charge in [0.05, 0.1) is 16.7 Å². The average molecular weight is 503 g/mol. The number of benzene rings is 6. The van der Waals surface area contributed by atoms with E-state index in [2.05, 4.69) is 138 Å². The normalized spacial score (nSPS) is 11.7. The summed E-state index contributed by atoms with van der Waals surface area (Å²) in [5.41, 5.74) is 6.80. The Hall–Kier alpha value is -4.73. The summed E-state index contributed by atoms with van der Waals surface area (Å²) < 4.78 is 4.96. The van der Waals surface area contributed by atoms with Crippen molar-refractivity contribution < 1.29 is 0 Å². The number of nitrogens with zero attached hydrogens (tertiary/aromatic N) is 2. The minimum Gasteiger partial charge on any atom is -0.291 e. The molecule has 38 heavy (non-hydrogen) atoms. The Morgan fingerprint density at radius 3 is 2.18 bits per heavy atom. The monoisotopic (exact) mass is 502 g/mol. The Bertz CT molecular complexity index is 2130. The third-order valence-electron chi connectivity index (χ3n) is 7.41. The van der Waals surface area contributed by atoms with Crippen LogP contribution in [-0.4, -0.2) is 9.55 Å². The van der Waals surface area contributed by atoms with Gasteiger partial charge >= 0.3 is 0 Å². The molecule has 6 aromatic carbocycles. The summed E-state index contributed by atoms with van der Waals surface area (Å²) in [6.07, 6.45) is 0. The minimum absolute atomic E-state index is 0.969. The molecule has 8 rings (SSSR count). The molecule has 0 N–H and O–H groups in total. The molecule has 0 aliphatic carbocycles. The number of hydrogen-bond donors (Lipinski definition) is 0. The first-order valence-electron chi connectivity index (χ1n) is 12.8. The maximum Gasteiger partial charge on any atom is 0.147 e. The molecule has 0 saturated carbocycles. The van der Waals surface area contributed by atoms with Gasteiger partial charge in [-0.25, -0.2) is 4.98 Å². The van der Waals surface area contributed by atoms with Gasteiger partial charge in [-0.1, -0.05) is 109 Å². The van der Waals surface area contributed by atoms with Crippen molar-refractivity contribution >= 4 is 53.3 Å². The van der Waals surface area contributed by atoms with Crippen molar-refractivity contribution in [2.24, 2.45) is 0 Å². The molecule has 178 valence electrons. The Morgan fingerprint density at radius 1 is 0.526 bits per heavy atom. The number of para-hydroxylation sites is 2. The van der Waals surface area contributed by atoms with Crippen LogP contribution in [-0.2, 0) is 0 Å². The van der Waals surface area contributed by atoms with Crippen LogP contribution in [0.3, 0.4) is 0 Å². The molecule has 3 heteroatoms. The maximum absolute atomic E-state index is 5.29. The molecule has 0 saturated heterocycles. The quantitative estimate of drug-likeness (QED) is 0.235. The third-order valence-corrected chi connectivity index (χ3v) is 8.63. The van der Waals surface area contributed by atoms with Crippen molar-refractivity contribution in [3.05, 3.63) is 133 Å². The van der Waals surface area contributed by atoms with Crippen molar-refractivity contribution in [3.8, 4) is 28.2 Å². The zero-order valence-electron chi connectivity index (χ0n) is 20.5. The molecule has 0 unspecified atom stereocenters. The van der Waals surface area contributed by atoms with Crippen molar-refractivity contribution in [1.82, 2.24) is 9.55 Å². The lowest BCUT2D eigenvalue weighted by Crippen LogP contribution is -2.01. The number of thiophene rings is 1. The summed E-state index contributed by atoms with van der Waals surface area (Å²) in [5, 5.41) is 5.00. The van der Waals surface area contributed by atoms with Gasteiger partial charge in [0.2, 0.25) is 0 Å². The van der Waals surface area contributed by atoms with E-state index in [1.54, 1.807) is 0 Å². The van der Waals surface area contributed by atoms with Crippen LogP contribution >= 0.6 is 11.3 Å². The summed E-state index contributed by atoms with van der Waals surface area (Å²) in [4.78, 5) is 5.29. The molecule has 0 atom stereocenters. The predicted molar refractivity (Wildman–Crippen MR) is 162 cm³/mol. The molecular weight excluding hydrogens is 480 g/mol. The summed E-state index contributed by atoms with van der Waals surface area (Å²) >= 11 is 1.85. The topological polar surface area (TPSA) is 17.8 Å². The number of rotatable bonds is 3. The molecule has 0 aliphatic heterocycles. The molecule has 8 aromatic rings. The highest BCUT2D eigenvalue weighted by atomic mass is 32.1. The second-order valence-corrected chi connectivity index (χ2v) is 10.6. The van der Waals surface area contributed by atoms with E-state index < -0.39 is 0 Å². The maximum atomic E-state index is 5.29. The number of hydrogen-bond acceptors (Lipinski definition) is 2. The van der Waals surface area contributed by atoms with E-state index in [9.17, 15) is 0 Å². The van der Waals surface area contributed by atoms with Gasteiger partial charge in [-0.05, 0) is 35.2 Å². The summed E-state index contributed by atoms with van der Waals surface area (Å²) in [6, 6.07) is 47.6. The standard InChI is InChI=1S/C35H22N2S/c1-2-11-23(12-3-1)26-22-21-24-13-4-5-14-25(24)33(26)37-31-19-8-7-18-30(31)36-35(37)29-17-10-16-28-27-15-6-9-20-32(27)38-34(28)29/h1-22H. The highest BCUT2D eigenvalue weighted by molar-refractivity contribution is 7.26. The van der Waals surface area contributed by atoms with Gasteiger partial charge in [0, 0.05) is 36.7 Å². The Labute approximate surface area is 224 Å². The van der Waals surface area contributed by atoms with E-state index in [1.165, 1.54) is 42.1 Å². The van der Waals surface area contributed by atoms with Crippen LogP contribution in [0.25, 0.3) is 70.2 Å². The van der Waals surface area contributed by atoms with Crippen LogP contribution in [0, 0.1) is 0 Å². The van der Waals surface area contributed by atoms with E-state index in [0.717, 1.165) is 28.1 Å². The van der Waals surface area contributed by atoms with E-state index in [0.29, 0.717) is 0 Å². The molecule has 0 spiro atoms. The first kappa shape index (κ1) is 21.4. The number of aromatic nitrogens is 2. The van der Waals surface area contributed by atoms with Gasteiger partial charge in [-0.2, -0.15) is 0 Å². The summed E-state index contributed by atoms with van der Waals surface area (Å²) in [6.45, 7) is 0. The van der Waals surface area contributed by atoms with E-state index >= 15 is 0 Å². The van der Waals surface area contributed by atoms with Gasteiger partial charge in [0.25, 0.3) is 0 Å². The van der Waals surface area contributed by atoms with Crippen molar-refractivity contribution in [1.29, 1.82) is 0 Å². The Kier molecular flexibility index (Phi) is 4.73. The van der Waals surface area contributed by atoms with Gasteiger partial charge in [-0.15, -0.1) is 11.3 Å². The van der Waals surface area contributed by atoms with Crippen LogP contribution in [0.15, 0.2) is 133 Å². The fourth-order valence-corrected chi connectivity index (χ4v) is 6.91. The highest BCUT2D eigenvalue weighted by Crippen LogP contribution is 2.43. The largest absolute Gasteiger partial charge is 0.291 e. The molecular formula is C35H22N2S. The number of fused-ring (bicyclic) bond motifs is 5. The number of imidazole rings is 1. The van der Waals surface area contributed by atoms with Crippen LogP contribution in [0.5, 0.6) is 0 Å². The lowest BCUT2D eigenvalue weighted by Gasteiger charge is -2.18. The van der Waals surface area contributed by atoms with Crippen molar-refractivity contribution in [3.63, 3.8) is 0 Å². The Morgan fingerprint density at radius 2 is 1.26 bits per heavy atom. The highest BCUT2D eigenvalue weighted by Gasteiger charge is 2.22. The van der Waals surface area contributed by atoms with E-state index in [1.807, 2.05) is 11.3 Å². The molecule has 0 fully saturated rings. The first-order valence-corrected chi connectivity index (χ1v) is 13.6. The lowest BCUT2D eigenvalue weighted by atomic mass is 9.97. The summed E-state index contributed by atoms with van der Waals surface area (Å²) in [7, 11) is 0.